The highest BCUT2D eigenvalue weighted by Crippen LogP contribution is 2.16. The van der Waals surface area contributed by atoms with Gasteiger partial charge in [0.25, 0.3) is 5.91 Å². The first-order valence-electron chi connectivity index (χ1n) is 7.68. The summed E-state index contributed by atoms with van der Waals surface area (Å²) in [7, 11) is -1.94. The molecule has 23 heavy (non-hydrogen) atoms. The summed E-state index contributed by atoms with van der Waals surface area (Å²) in [4.78, 5) is 12.5. The number of hydrogen-bond donors (Lipinski definition) is 2. The van der Waals surface area contributed by atoms with Crippen LogP contribution < -0.4 is 11.1 Å². The molecule has 1 rings (SSSR count). The van der Waals surface area contributed by atoms with E-state index in [9.17, 15) is 13.2 Å². The Morgan fingerprint density at radius 2 is 1.78 bits per heavy atom. The highest BCUT2D eigenvalue weighted by molar-refractivity contribution is 7.91. The predicted molar refractivity (Wildman–Crippen MR) is 90.2 cm³/mol. The highest BCUT2D eigenvalue weighted by Gasteiger charge is 2.26. The summed E-state index contributed by atoms with van der Waals surface area (Å²) in [6, 6.07) is 5.92. The lowest BCUT2D eigenvalue weighted by Crippen LogP contribution is -2.52. The Labute approximate surface area is 138 Å². The molecule has 3 N–H and O–H groups in total. The van der Waals surface area contributed by atoms with Crippen LogP contribution in [0.4, 0.5) is 0 Å². The topological polar surface area (TPSA) is 98.5 Å². The molecule has 0 radical (unpaired) electrons. The fourth-order valence-electron chi connectivity index (χ4n) is 2.20. The van der Waals surface area contributed by atoms with Gasteiger partial charge in [0, 0.05) is 19.2 Å². The number of ether oxygens (including phenoxy) is 1. The fraction of sp³-hybridized carbons (Fsp3) is 0.562. The van der Waals surface area contributed by atoms with Gasteiger partial charge in [-0.1, -0.05) is 13.8 Å². The lowest BCUT2D eigenvalue weighted by Gasteiger charge is -2.31. The summed E-state index contributed by atoms with van der Waals surface area (Å²) in [6.45, 7) is 4.44. The van der Waals surface area contributed by atoms with Gasteiger partial charge in [0.05, 0.1) is 22.8 Å². The molecule has 0 saturated carbocycles. The molecular weight excluding hydrogens is 316 g/mol. The quantitative estimate of drug-likeness (QED) is 0.706. The van der Waals surface area contributed by atoms with E-state index in [0.717, 1.165) is 12.8 Å². The van der Waals surface area contributed by atoms with E-state index < -0.39 is 15.4 Å². The van der Waals surface area contributed by atoms with E-state index in [1.807, 2.05) is 13.8 Å². The van der Waals surface area contributed by atoms with Crippen molar-refractivity contribution in [3.63, 3.8) is 0 Å². The van der Waals surface area contributed by atoms with Crippen LogP contribution in [-0.4, -0.2) is 45.9 Å². The molecule has 0 aliphatic heterocycles. The van der Waals surface area contributed by atoms with Crippen molar-refractivity contribution in [3.8, 4) is 0 Å². The van der Waals surface area contributed by atoms with Gasteiger partial charge >= 0.3 is 0 Å². The number of amides is 1. The summed E-state index contributed by atoms with van der Waals surface area (Å²) < 4.78 is 28.9. The van der Waals surface area contributed by atoms with Crippen molar-refractivity contribution in [1.29, 1.82) is 0 Å². The second kappa shape index (κ2) is 8.42. The normalized spacial score (nSPS) is 12.2. The van der Waals surface area contributed by atoms with Gasteiger partial charge in [0.1, 0.15) is 0 Å². The van der Waals surface area contributed by atoms with E-state index in [1.54, 1.807) is 0 Å². The second-order valence-electron chi connectivity index (χ2n) is 5.48. The molecule has 0 bridgehead atoms. The maximum absolute atomic E-state index is 12.3. The Bertz CT molecular complexity index is 599. The molecule has 0 aliphatic rings. The number of nitrogens with one attached hydrogen (secondary N) is 1. The average Bonchev–Trinajstić information content (AvgIpc) is 2.58. The van der Waals surface area contributed by atoms with Crippen LogP contribution in [0.2, 0.25) is 0 Å². The lowest BCUT2D eigenvalue weighted by molar-refractivity contribution is 0.0895. The second-order valence-corrected chi connectivity index (χ2v) is 7.59. The van der Waals surface area contributed by atoms with E-state index in [2.05, 4.69) is 5.32 Å². The number of carbonyl (C=O) groups excluding carboxylic acids is 1. The van der Waals surface area contributed by atoms with Crippen LogP contribution in [0.25, 0.3) is 0 Å². The van der Waals surface area contributed by atoms with Crippen molar-refractivity contribution in [2.24, 2.45) is 5.73 Å². The number of rotatable bonds is 9. The molecule has 0 spiro atoms. The Kier molecular flexibility index (Phi) is 7.18. The number of carbonyl (C=O) groups is 1. The zero-order valence-electron chi connectivity index (χ0n) is 14.0. The molecule has 0 fully saturated rings. The van der Waals surface area contributed by atoms with Gasteiger partial charge in [-0.25, -0.2) is 8.42 Å². The first-order valence-corrected chi connectivity index (χ1v) is 9.33. The third-order valence-corrected chi connectivity index (χ3v) is 5.85. The van der Waals surface area contributed by atoms with Gasteiger partial charge in [0.15, 0.2) is 9.84 Å². The Morgan fingerprint density at radius 3 is 2.22 bits per heavy atom. The molecule has 0 heterocycles. The predicted octanol–water partition coefficient (Wildman–Crippen LogP) is 1.35. The Morgan fingerprint density at radius 1 is 1.22 bits per heavy atom. The molecule has 0 aliphatic carbocycles. The maximum atomic E-state index is 12.3. The molecule has 130 valence electrons. The molecule has 0 aromatic heterocycles. The van der Waals surface area contributed by atoms with Crippen LogP contribution in [0.1, 0.15) is 37.0 Å². The van der Waals surface area contributed by atoms with Crippen LogP contribution in [0.15, 0.2) is 29.2 Å². The zero-order chi connectivity index (χ0) is 17.5. The molecule has 7 heteroatoms. The number of sulfone groups is 1. The summed E-state index contributed by atoms with van der Waals surface area (Å²) in [5.74, 6) is -0.336. The van der Waals surface area contributed by atoms with Gasteiger partial charge in [0.2, 0.25) is 0 Å². The average molecular weight is 342 g/mol. The minimum absolute atomic E-state index is 0.0863. The first-order chi connectivity index (χ1) is 10.8. The van der Waals surface area contributed by atoms with E-state index >= 15 is 0 Å². The summed E-state index contributed by atoms with van der Waals surface area (Å²) in [6.07, 6.45) is 1.46. The number of nitrogens with two attached hydrogens (primary N) is 1. The molecular formula is C16H26N2O4S. The fourth-order valence-corrected chi connectivity index (χ4v) is 3.38. The number of hydrogen-bond acceptors (Lipinski definition) is 5. The van der Waals surface area contributed by atoms with E-state index in [4.69, 9.17) is 10.5 Å². The zero-order valence-corrected chi connectivity index (χ0v) is 14.8. The largest absolute Gasteiger partial charge is 0.384 e. The van der Waals surface area contributed by atoms with Gasteiger partial charge in [-0.15, -0.1) is 0 Å². The SMILES string of the molecule is CCC(CC)(CN)NC(=O)c1ccc(S(=O)(=O)CCOC)cc1. The van der Waals surface area contributed by atoms with Crippen molar-refractivity contribution < 1.29 is 17.9 Å². The molecule has 1 aromatic carbocycles. The van der Waals surface area contributed by atoms with Crippen molar-refractivity contribution in [2.75, 3.05) is 26.0 Å². The maximum Gasteiger partial charge on any atom is 0.251 e. The van der Waals surface area contributed by atoms with Crippen LogP contribution in [0.5, 0.6) is 0 Å². The molecule has 1 aromatic rings. The van der Waals surface area contributed by atoms with Gasteiger partial charge in [-0.2, -0.15) is 0 Å². The Balaban J connectivity index is 2.90. The Hall–Kier alpha value is -1.44. The monoisotopic (exact) mass is 342 g/mol. The third kappa shape index (κ3) is 5.02. The van der Waals surface area contributed by atoms with Crippen molar-refractivity contribution in [1.82, 2.24) is 5.32 Å². The summed E-state index contributed by atoms with van der Waals surface area (Å²) in [5.41, 5.74) is 5.76. The van der Waals surface area contributed by atoms with Gasteiger partial charge < -0.3 is 15.8 Å². The van der Waals surface area contributed by atoms with Crippen LogP contribution in [0, 0.1) is 0 Å². The minimum Gasteiger partial charge on any atom is -0.384 e. The van der Waals surface area contributed by atoms with Gasteiger partial charge in [-0.05, 0) is 37.1 Å². The minimum atomic E-state index is -3.39. The van der Waals surface area contributed by atoms with Gasteiger partial charge in [-0.3, -0.25) is 4.79 Å². The summed E-state index contributed by atoms with van der Waals surface area (Å²) >= 11 is 0. The molecule has 6 nitrogen and oxygen atoms in total. The molecule has 0 atom stereocenters. The lowest BCUT2D eigenvalue weighted by atomic mass is 9.92. The molecule has 1 amide bonds. The first kappa shape index (κ1) is 19.6. The number of benzene rings is 1. The van der Waals surface area contributed by atoms with Crippen molar-refractivity contribution in [3.05, 3.63) is 29.8 Å². The van der Waals surface area contributed by atoms with Crippen molar-refractivity contribution in [2.45, 2.75) is 37.1 Å². The van der Waals surface area contributed by atoms with E-state index in [-0.39, 0.29) is 23.2 Å². The summed E-state index contributed by atoms with van der Waals surface area (Å²) in [5, 5.41) is 2.95. The van der Waals surface area contributed by atoms with Crippen LogP contribution in [0.3, 0.4) is 0 Å². The van der Waals surface area contributed by atoms with E-state index in [1.165, 1.54) is 31.4 Å². The standard InChI is InChI=1S/C16H26N2O4S/c1-4-16(5-2,12-17)18-15(19)13-6-8-14(9-7-13)23(20,21)11-10-22-3/h6-9H,4-5,10-12,17H2,1-3H3,(H,18,19). The smallest absolute Gasteiger partial charge is 0.251 e. The van der Waals surface area contributed by atoms with Crippen LogP contribution >= 0.6 is 0 Å². The van der Waals surface area contributed by atoms with Crippen molar-refractivity contribution >= 4 is 15.7 Å². The van der Waals surface area contributed by atoms with E-state index in [0.29, 0.717) is 12.1 Å². The third-order valence-electron chi connectivity index (χ3n) is 4.15. The highest BCUT2D eigenvalue weighted by atomic mass is 32.2. The molecule has 0 unspecified atom stereocenters. The number of methoxy groups -OCH3 is 1. The van der Waals surface area contributed by atoms with Crippen LogP contribution in [-0.2, 0) is 14.6 Å². The molecule has 0 saturated heterocycles.